The Morgan fingerprint density at radius 3 is 1.70 bits per heavy atom. The van der Waals surface area contributed by atoms with Gasteiger partial charge in [-0.3, -0.25) is 14.4 Å². The molecule has 0 aromatic heterocycles. The standard InChI is InChI=1S/C33H55N3O24/c1-9(41)34-17-12(44)4-33(32(52)53,59-27(17)20(46)13(45)5-37)60-28-24(50)31(58-26-19(36-11(3)43)29(51)54-15(7-39)22(26)48)56-16(8-40)25(28)57-30-18(35-10(2)42)23(49)21(47)14(6-38)55-30/h12-31,37-40,44-51H,4-8H2,1-3H3,(H,34,41)(H,35,42)(H,36,43)(H,52,53)/t12-,13+,14+,15+,16+,17+,18+,19+,20+,21-,22-,23+,24+,25-,26+,27+,28+,29?,30+,31-,33-/m0/s1. The molecule has 27 nitrogen and oxygen atoms in total. The molecule has 4 rings (SSSR count). The van der Waals surface area contributed by atoms with Crippen molar-refractivity contribution < 1.29 is 119 Å². The van der Waals surface area contributed by atoms with Crippen LogP contribution < -0.4 is 16.0 Å². The lowest BCUT2D eigenvalue weighted by Gasteiger charge is -2.52. The summed E-state index contributed by atoms with van der Waals surface area (Å²) < 4.78 is 40.2. The molecule has 4 aliphatic heterocycles. The maximum Gasteiger partial charge on any atom is 0.364 e. The van der Waals surface area contributed by atoms with Gasteiger partial charge in [0.05, 0.1) is 38.6 Å². The minimum absolute atomic E-state index is 0.786. The lowest BCUT2D eigenvalue weighted by atomic mass is 9.88. The van der Waals surface area contributed by atoms with Gasteiger partial charge in [-0.1, -0.05) is 0 Å². The smallest absolute Gasteiger partial charge is 0.364 e. The van der Waals surface area contributed by atoms with Crippen LogP contribution in [0.1, 0.15) is 27.2 Å². The van der Waals surface area contributed by atoms with Gasteiger partial charge in [0.15, 0.2) is 18.9 Å². The highest BCUT2D eigenvalue weighted by Crippen LogP contribution is 2.40. The molecule has 3 amide bonds. The summed E-state index contributed by atoms with van der Waals surface area (Å²) in [7, 11) is 0. The molecule has 4 aliphatic rings. The highest BCUT2D eigenvalue weighted by Gasteiger charge is 2.61. The molecule has 0 aliphatic carbocycles. The summed E-state index contributed by atoms with van der Waals surface area (Å²) in [6, 6.07) is -5.02. The van der Waals surface area contributed by atoms with E-state index in [0.717, 1.165) is 20.8 Å². The first-order valence-electron chi connectivity index (χ1n) is 18.7. The van der Waals surface area contributed by atoms with Gasteiger partial charge in [-0.05, 0) is 0 Å². The number of nitrogens with one attached hydrogen (secondary N) is 3. The molecule has 4 heterocycles. The van der Waals surface area contributed by atoms with Gasteiger partial charge in [-0.25, -0.2) is 4.79 Å². The van der Waals surface area contributed by atoms with Crippen molar-refractivity contribution in [2.45, 2.75) is 155 Å². The van der Waals surface area contributed by atoms with Crippen LogP contribution >= 0.6 is 0 Å². The molecule has 0 spiro atoms. The largest absolute Gasteiger partial charge is 0.477 e. The molecule has 4 saturated heterocycles. The lowest BCUT2D eigenvalue weighted by molar-refractivity contribution is -0.397. The van der Waals surface area contributed by atoms with Crippen molar-refractivity contribution in [1.29, 1.82) is 0 Å². The molecule has 4 fully saturated rings. The Hall–Kier alpha value is -2.88. The van der Waals surface area contributed by atoms with E-state index in [-0.39, 0.29) is 0 Å². The fourth-order valence-electron chi connectivity index (χ4n) is 7.45. The molecular formula is C33H55N3O24. The van der Waals surface area contributed by atoms with E-state index < -0.39 is 185 Å². The van der Waals surface area contributed by atoms with Gasteiger partial charge < -0.3 is 115 Å². The maximum atomic E-state index is 13.2. The van der Waals surface area contributed by atoms with E-state index in [2.05, 4.69) is 16.0 Å². The Labute approximate surface area is 340 Å². The average molecular weight is 878 g/mol. The molecule has 0 aromatic carbocycles. The zero-order valence-electron chi connectivity index (χ0n) is 32.4. The summed E-state index contributed by atoms with van der Waals surface area (Å²) in [4.78, 5) is 49.6. The van der Waals surface area contributed by atoms with Crippen LogP contribution in [-0.2, 0) is 52.3 Å². The van der Waals surface area contributed by atoms with Gasteiger partial charge in [0.2, 0.25) is 17.7 Å². The second kappa shape index (κ2) is 21.0. The third kappa shape index (κ3) is 10.8. The second-order valence-electron chi connectivity index (χ2n) is 14.8. The number of aliphatic carboxylic acids is 1. The minimum Gasteiger partial charge on any atom is -0.477 e. The van der Waals surface area contributed by atoms with Crippen molar-refractivity contribution in [2.75, 3.05) is 26.4 Å². The van der Waals surface area contributed by atoms with Crippen molar-refractivity contribution in [3.8, 4) is 0 Å². The maximum absolute atomic E-state index is 13.2. The number of ether oxygens (including phenoxy) is 7. The van der Waals surface area contributed by atoms with Crippen LogP contribution in [0.3, 0.4) is 0 Å². The average Bonchev–Trinajstić information content (AvgIpc) is 3.18. The first-order chi connectivity index (χ1) is 28.1. The number of hydrogen-bond acceptors (Lipinski definition) is 23. The van der Waals surface area contributed by atoms with Crippen LogP contribution in [0.2, 0.25) is 0 Å². The monoisotopic (exact) mass is 877 g/mol. The van der Waals surface area contributed by atoms with E-state index in [1.54, 1.807) is 0 Å². The first-order valence-corrected chi connectivity index (χ1v) is 18.7. The SMILES string of the molecule is CC(=O)N[C@H]1[C@@H](O[C@@H]2[C@H](O[C@]3(C(=O)O)C[C@H](O)[C@@H](NC(C)=O)[C@H]([C@H](O)[C@H](O)CO)O3)[C@@H](O)[C@H](O[C@H]3[C@@H](O)[C@@H](CO)OC(O)[C@@H]3NC(C)=O)O[C@@H]2CO)O[C@H](CO)[C@H](O)[C@@H]1O. The number of carboxylic acids is 1. The van der Waals surface area contributed by atoms with E-state index in [4.69, 9.17) is 33.2 Å². The normalized spacial score (nSPS) is 43.3. The summed E-state index contributed by atoms with van der Waals surface area (Å²) in [5.41, 5.74) is 0. The molecule has 1 unspecified atom stereocenters. The topological polar surface area (TPSA) is 432 Å². The van der Waals surface area contributed by atoms with Gasteiger partial charge in [0.1, 0.15) is 91.4 Å². The van der Waals surface area contributed by atoms with Crippen LogP contribution in [0.25, 0.3) is 0 Å². The Morgan fingerprint density at radius 1 is 0.650 bits per heavy atom. The fraction of sp³-hybridized carbons (Fsp3) is 0.879. The molecule has 0 bridgehead atoms. The van der Waals surface area contributed by atoms with Gasteiger partial charge in [-0.15, -0.1) is 0 Å². The summed E-state index contributed by atoms with van der Waals surface area (Å²) in [6.07, 6.45) is -35.0. The summed E-state index contributed by atoms with van der Waals surface area (Å²) >= 11 is 0. The Kier molecular flexibility index (Phi) is 17.4. The molecule has 16 N–H and O–H groups in total. The van der Waals surface area contributed by atoms with Gasteiger partial charge in [0.25, 0.3) is 5.79 Å². The van der Waals surface area contributed by atoms with E-state index in [0.29, 0.717) is 0 Å². The highest BCUT2D eigenvalue weighted by atomic mass is 16.8. The summed E-state index contributed by atoms with van der Waals surface area (Å²) in [6.45, 7) is -1.10. The van der Waals surface area contributed by atoms with Gasteiger partial charge in [0, 0.05) is 27.2 Å². The van der Waals surface area contributed by atoms with Crippen LogP contribution in [0.5, 0.6) is 0 Å². The Balaban J connectivity index is 1.85. The molecule has 346 valence electrons. The Morgan fingerprint density at radius 2 is 1.17 bits per heavy atom. The number of carbonyl (C=O) groups is 4. The van der Waals surface area contributed by atoms with Crippen molar-refractivity contribution in [3.05, 3.63) is 0 Å². The number of aliphatic hydroxyl groups excluding tert-OH is 12. The quantitative estimate of drug-likeness (QED) is 0.0684. The predicted octanol–water partition coefficient (Wildman–Crippen LogP) is -10.1. The number of carboxylic acid groups (broad SMARTS) is 1. The number of hydrogen-bond donors (Lipinski definition) is 16. The van der Waals surface area contributed by atoms with Crippen LogP contribution in [0.4, 0.5) is 0 Å². The number of amides is 3. The van der Waals surface area contributed by atoms with E-state index >= 15 is 0 Å². The highest BCUT2D eigenvalue weighted by molar-refractivity contribution is 5.77. The first kappa shape index (κ1) is 49.8. The lowest BCUT2D eigenvalue weighted by Crippen LogP contribution is -2.72. The second-order valence-corrected chi connectivity index (χ2v) is 14.8. The fourth-order valence-corrected chi connectivity index (χ4v) is 7.45. The zero-order chi connectivity index (χ0) is 45.0. The van der Waals surface area contributed by atoms with Gasteiger partial charge in [-0.2, -0.15) is 0 Å². The van der Waals surface area contributed by atoms with Crippen molar-refractivity contribution in [3.63, 3.8) is 0 Å². The van der Waals surface area contributed by atoms with Crippen LogP contribution in [0.15, 0.2) is 0 Å². The van der Waals surface area contributed by atoms with Crippen molar-refractivity contribution in [1.82, 2.24) is 16.0 Å². The zero-order valence-corrected chi connectivity index (χ0v) is 32.4. The number of carbonyl (C=O) groups excluding carboxylic acids is 3. The molecule has 0 aromatic rings. The molecule has 27 heteroatoms. The van der Waals surface area contributed by atoms with Crippen molar-refractivity contribution in [2.24, 2.45) is 0 Å². The van der Waals surface area contributed by atoms with Crippen LogP contribution in [0, 0.1) is 0 Å². The Bertz CT molecular complexity index is 1470. The van der Waals surface area contributed by atoms with E-state index in [1.807, 2.05) is 0 Å². The predicted molar refractivity (Wildman–Crippen MR) is 186 cm³/mol. The summed E-state index contributed by atoms with van der Waals surface area (Å²) in [5.74, 6) is -7.75. The molecule has 60 heavy (non-hydrogen) atoms. The number of rotatable bonds is 16. The minimum atomic E-state index is -3.24. The van der Waals surface area contributed by atoms with Crippen LogP contribution in [-0.4, -0.2) is 245 Å². The van der Waals surface area contributed by atoms with Crippen molar-refractivity contribution >= 4 is 23.7 Å². The third-order valence-corrected chi connectivity index (χ3v) is 10.4. The van der Waals surface area contributed by atoms with Gasteiger partial charge >= 0.3 is 5.97 Å². The summed E-state index contributed by atoms with van der Waals surface area (Å²) in [5, 5.41) is 145. The number of aliphatic hydroxyl groups is 12. The van der Waals surface area contributed by atoms with E-state index in [9.17, 15) is 85.6 Å². The molecule has 21 atom stereocenters. The molecule has 0 radical (unpaired) electrons. The molecular weight excluding hydrogens is 822 g/mol. The third-order valence-electron chi connectivity index (χ3n) is 10.4. The van der Waals surface area contributed by atoms with E-state index in [1.165, 1.54) is 0 Å². The molecule has 0 saturated carbocycles.